The second-order valence-electron chi connectivity index (χ2n) is 6.63. The number of rotatable bonds is 11. The molecule has 2 aromatic carbocycles. The van der Waals surface area contributed by atoms with E-state index >= 15 is 0 Å². The molecule has 0 bridgehead atoms. The molecule has 2 aromatic rings. The number of benzene rings is 2. The first-order chi connectivity index (χ1) is 12.9. The third kappa shape index (κ3) is 7.76. The first-order valence-electron chi connectivity index (χ1n) is 9.46. The van der Waals surface area contributed by atoms with E-state index in [1.807, 2.05) is 0 Å². The van der Waals surface area contributed by atoms with Gasteiger partial charge in [-0.1, -0.05) is 75.5 Å². The van der Waals surface area contributed by atoms with Crippen molar-refractivity contribution in [1.82, 2.24) is 0 Å². The van der Waals surface area contributed by atoms with E-state index in [1.54, 1.807) is 24.3 Å². The summed E-state index contributed by atoms with van der Waals surface area (Å²) in [5, 5.41) is 11.9. The summed E-state index contributed by atoms with van der Waals surface area (Å²) in [6.45, 7) is 2.17. The van der Waals surface area contributed by atoms with Gasteiger partial charge in [-0.15, -0.1) is 0 Å². The minimum Gasteiger partial charge on any atom is -0.870 e. The molecule has 0 aromatic heterocycles. The summed E-state index contributed by atoms with van der Waals surface area (Å²) in [5.41, 5.74) is 0.414. The normalized spacial score (nSPS) is 11.1. The molecule has 0 saturated carbocycles. The van der Waals surface area contributed by atoms with Crippen LogP contribution in [0.4, 0.5) is 0 Å². The van der Waals surface area contributed by atoms with Crippen LogP contribution in [0, 0.1) is 0 Å². The molecule has 0 fully saturated rings. The Bertz CT molecular complexity index is 836. The van der Waals surface area contributed by atoms with Crippen molar-refractivity contribution in [2.24, 2.45) is 0 Å². The summed E-state index contributed by atoms with van der Waals surface area (Å²) < 4.78 is 38.8. The molecule has 0 heterocycles. The van der Waals surface area contributed by atoms with Gasteiger partial charge < -0.3 is 9.84 Å². The van der Waals surface area contributed by atoms with Gasteiger partial charge in [-0.25, -0.2) is 0 Å². The number of hydrogen-bond acceptors (Lipinski definition) is 4. The van der Waals surface area contributed by atoms with Crippen LogP contribution in [0.25, 0.3) is 0 Å². The minimum absolute atomic E-state index is 0. The largest absolute Gasteiger partial charge is 1.00 e. The van der Waals surface area contributed by atoms with E-state index in [9.17, 15) is 18.1 Å². The summed E-state index contributed by atoms with van der Waals surface area (Å²) in [5.74, 6) is 0.141. The van der Waals surface area contributed by atoms with Gasteiger partial charge in [0, 0.05) is 5.56 Å². The van der Waals surface area contributed by atoms with E-state index in [4.69, 9.17) is 4.74 Å². The van der Waals surface area contributed by atoms with E-state index in [2.05, 4.69) is 6.92 Å². The quantitative estimate of drug-likeness (QED) is 0.346. The van der Waals surface area contributed by atoms with Gasteiger partial charge in [0.05, 0.1) is 0 Å². The molecule has 0 aliphatic rings. The molecule has 0 aliphatic heterocycles. The summed E-state index contributed by atoms with van der Waals surface area (Å²) >= 11 is 0. The zero-order chi connectivity index (χ0) is 19.7. The molecule has 1 N–H and O–H groups in total. The van der Waals surface area contributed by atoms with Crippen LogP contribution in [0.5, 0.6) is 17.2 Å². The Labute approximate surface area is 190 Å². The fraction of sp³-hybridized carbons (Fsp3) is 0.429. The van der Waals surface area contributed by atoms with Crippen LogP contribution in [-0.4, -0.2) is 13.0 Å². The Balaban J connectivity index is 0.00000392. The topological polar surface area (TPSA) is 86.7 Å². The number of ether oxygens (including phenoxy) is 1. The van der Waals surface area contributed by atoms with Crippen LogP contribution in [0.15, 0.2) is 47.4 Å². The molecule has 0 aliphatic carbocycles. The molecule has 148 valence electrons. The van der Waals surface area contributed by atoms with Crippen LogP contribution in [0.3, 0.4) is 0 Å². The van der Waals surface area contributed by atoms with Gasteiger partial charge in [0.2, 0.25) is 0 Å². The van der Waals surface area contributed by atoms with Crippen LogP contribution in [-0.2, 0) is 16.5 Å². The van der Waals surface area contributed by atoms with Crippen molar-refractivity contribution in [3.63, 3.8) is 0 Å². The molecule has 0 atom stereocenters. The van der Waals surface area contributed by atoms with Crippen molar-refractivity contribution in [2.45, 2.75) is 63.2 Å². The van der Waals surface area contributed by atoms with Gasteiger partial charge >= 0.3 is 29.6 Å². The van der Waals surface area contributed by atoms with Gasteiger partial charge in [0.25, 0.3) is 10.1 Å². The maximum absolute atomic E-state index is 11.9. The van der Waals surface area contributed by atoms with Crippen molar-refractivity contribution in [3.05, 3.63) is 48.0 Å². The van der Waals surface area contributed by atoms with Gasteiger partial charge in [0.15, 0.2) is 0 Å². The number of para-hydroxylation sites is 2. The molecule has 7 heteroatoms. The Morgan fingerprint density at radius 1 is 0.893 bits per heavy atom. The van der Waals surface area contributed by atoms with Gasteiger partial charge in [-0.05, 0) is 31.0 Å². The minimum atomic E-state index is -4.37. The smallest absolute Gasteiger partial charge is 0.870 e. The SMILES string of the molecule is CCCCCCCCCc1c(Oc2ccccc2[O-])cccc1S(=O)(=O)O.[Na+]. The van der Waals surface area contributed by atoms with Gasteiger partial charge in [-0.2, -0.15) is 8.42 Å². The third-order valence-corrected chi connectivity index (χ3v) is 5.41. The summed E-state index contributed by atoms with van der Waals surface area (Å²) in [6, 6.07) is 10.7. The van der Waals surface area contributed by atoms with Crippen LogP contribution >= 0.6 is 0 Å². The second kappa shape index (κ2) is 12.5. The van der Waals surface area contributed by atoms with Crippen LogP contribution in [0.1, 0.15) is 57.4 Å². The van der Waals surface area contributed by atoms with Crippen molar-refractivity contribution < 1.29 is 52.4 Å². The van der Waals surface area contributed by atoms with Crippen LogP contribution in [0.2, 0.25) is 0 Å². The Kier molecular flexibility index (Phi) is 11.2. The maximum Gasteiger partial charge on any atom is 1.00 e. The van der Waals surface area contributed by atoms with E-state index in [0.717, 1.165) is 19.3 Å². The fourth-order valence-corrected chi connectivity index (χ4v) is 3.81. The van der Waals surface area contributed by atoms with E-state index in [1.165, 1.54) is 43.9 Å². The van der Waals surface area contributed by atoms with E-state index < -0.39 is 10.1 Å². The molecule has 0 spiro atoms. The molecule has 0 amide bonds. The third-order valence-electron chi connectivity index (χ3n) is 4.47. The van der Waals surface area contributed by atoms with Gasteiger partial charge in [-0.3, -0.25) is 4.55 Å². The monoisotopic (exact) mass is 414 g/mol. The Morgan fingerprint density at radius 3 is 2.14 bits per heavy atom. The standard InChI is InChI=1S/C21H28O5S.Na/c1-2-3-4-5-6-7-8-12-17-19(15-11-16-21(17)27(23,24)25)26-20-14-10-9-13-18(20)22;/h9-11,13-16,22H,2-8,12H2,1H3,(H,23,24,25);/q;+1/p-1. The van der Waals surface area contributed by atoms with E-state index in [-0.39, 0.29) is 46.0 Å². The van der Waals surface area contributed by atoms with Gasteiger partial charge in [0.1, 0.15) is 16.4 Å². The Hall–Kier alpha value is -1.05. The zero-order valence-electron chi connectivity index (χ0n) is 16.7. The Morgan fingerprint density at radius 2 is 1.50 bits per heavy atom. The number of hydrogen-bond donors (Lipinski definition) is 1. The molecule has 2 rings (SSSR count). The molecule has 0 unspecified atom stereocenters. The second-order valence-corrected chi connectivity index (χ2v) is 8.02. The summed E-state index contributed by atoms with van der Waals surface area (Å²) in [4.78, 5) is -0.158. The van der Waals surface area contributed by atoms with Crippen molar-refractivity contribution in [3.8, 4) is 17.2 Å². The maximum atomic E-state index is 11.9. The molecular weight excluding hydrogens is 387 g/mol. The van der Waals surface area contributed by atoms with Crippen LogP contribution < -0.4 is 39.4 Å². The summed E-state index contributed by atoms with van der Waals surface area (Å²) in [7, 11) is -4.37. The average molecular weight is 414 g/mol. The predicted octanol–water partition coefficient (Wildman–Crippen LogP) is 2.10. The fourth-order valence-electron chi connectivity index (χ4n) is 3.04. The van der Waals surface area contributed by atoms with Crippen molar-refractivity contribution in [2.75, 3.05) is 0 Å². The van der Waals surface area contributed by atoms with Crippen molar-refractivity contribution in [1.29, 1.82) is 0 Å². The molecule has 0 saturated heterocycles. The molecule has 28 heavy (non-hydrogen) atoms. The predicted molar refractivity (Wildman–Crippen MR) is 104 cm³/mol. The average Bonchev–Trinajstić information content (AvgIpc) is 2.63. The first kappa shape index (κ1) is 25.0. The van der Waals surface area contributed by atoms with E-state index in [0.29, 0.717) is 17.7 Å². The first-order valence-corrected chi connectivity index (χ1v) is 10.9. The zero-order valence-corrected chi connectivity index (χ0v) is 19.5. The number of unbranched alkanes of at least 4 members (excludes halogenated alkanes) is 6. The molecular formula is C21H27NaO5S. The summed E-state index contributed by atoms with van der Waals surface area (Å²) in [6.07, 6.45) is 8.12. The van der Waals surface area contributed by atoms with Crippen molar-refractivity contribution >= 4 is 10.1 Å². The molecule has 0 radical (unpaired) electrons. The molecule has 5 nitrogen and oxygen atoms in total.